The number of carbonyl (C=O) groups is 2. The summed E-state index contributed by atoms with van der Waals surface area (Å²) in [6.45, 7) is 4.15. The Morgan fingerprint density at radius 1 is 0.833 bits per heavy atom. The Morgan fingerprint density at radius 2 is 1.52 bits per heavy atom. The molecule has 5 aromatic rings. The summed E-state index contributed by atoms with van der Waals surface area (Å²) in [5, 5.41) is 5.28. The molecular weight excluding hydrogens is 533 g/mol. The molecule has 0 aliphatic heterocycles. The largest absolute Gasteiger partial charge is 0.464 e. The lowest BCUT2D eigenvalue weighted by Crippen LogP contribution is -2.45. The van der Waals surface area contributed by atoms with Crippen molar-refractivity contribution in [2.24, 2.45) is 5.92 Å². The van der Waals surface area contributed by atoms with E-state index < -0.39 is 6.03 Å². The first kappa shape index (κ1) is 28.5. The standard InChI is InChI=1S/C34H32FN3O4/c1-23(2)18-38(34(41)36-30-12-7-9-25-8-3-4-10-28(25)30)21-32(39)37(19-24-14-16-27(35)17-15-24)20-26-22-42-31-13-6-5-11-29(31)33(26)40/h3-17,22-23H,18-21H2,1-2H3,(H,36,41). The van der Waals surface area contributed by atoms with Gasteiger partial charge in [0, 0.05) is 18.5 Å². The second-order valence-electron chi connectivity index (χ2n) is 10.7. The van der Waals surface area contributed by atoms with E-state index in [1.165, 1.54) is 28.2 Å². The molecule has 1 heterocycles. The summed E-state index contributed by atoms with van der Waals surface area (Å²) >= 11 is 0. The predicted molar refractivity (Wildman–Crippen MR) is 163 cm³/mol. The summed E-state index contributed by atoms with van der Waals surface area (Å²) in [7, 11) is 0. The zero-order valence-electron chi connectivity index (χ0n) is 23.5. The number of nitrogens with one attached hydrogen (secondary N) is 1. The number of anilines is 1. The lowest BCUT2D eigenvalue weighted by molar-refractivity contribution is -0.133. The van der Waals surface area contributed by atoms with Crippen molar-refractivity contribution in [3.8, 4) is 0 Å². The first-order valence-corrected chi connectivity index (χ1v) is 13.8. The number of carbonyl (C=O) groups excluding carboxylic acids is 2. The number of amides is 3. The van der Waals surface area contributed by atoms with Gasteiger partial charge in [0.1, 0.15) is 17.9 Å². The van der Waals surface area contributed by atoms with Gasteiger partial charge in [0.05, 0.1) is 29.4 Å². The van der Waals surface area contributed by atoms with Crippen molar-refractivity contribution >= 4 is 39.4 Å². The van der Waals surface area contributed by atoms with Crippen molar-refractivity contribution in [3.05, 3.63) is 124 Å². The van der Waals surface area contributed by atoms with Gasteiger partial charge in [-0.25, -0.2) is 9.18 Å². The van der Waals surface area contributed by atoms with Gasteiger partial charge in [0.25, 0.3) is 0 Å². The molecule has 3 amide bonds. The number of hydrogen-bond acceptors (Lipinski definition) is 4. The quantitative estimate of drug-likeness (QED) is 0.213. The molecule has 0 bridgehead atoms. The molecule has 0 fully saturated rings. The summed E-state index contributed by atoms with van der Waals surface area (Å²) in [6, 6.07) is 25.8. The van der Waals surface area contributed by atoms with Gasteiger partial charge in [0.2, 0.25) is 5.91 Å². The molecule has 0 aliphatic carbocycles. The zero-order valence-corrected chi connectivity index (χ0v) is 23.5. The number of nitrogens with zero attached hydrogens (tertiary/aromatic N) is 2. The minimum Gasteiger partial charge on any atom is -0.464 e. The average molecular weight is 566 g/mol. The Bertz CT molecular complexity index is 1780. The van der Waals surface area contributed by atoms with Crippen LogP contribution in [0.2, 0.25) is 0 Å². The minimum absolute atomic E-state index is 0.0379. The van der Waals surface area contributed by atoms with E-state index in [4.69, 9.17) is 4.42 Å². The van der Waals surface area contributed by atoms with Crippen LogP contribution in [0.5, 0.6) is 0 Å². The van der Waals surface area contributed by atoms with E-state index in [0.717, 1.165) is 10.8 Å². The van der Waals surface area contributed by atoms with Crippen LogP contribution in [0.25, 0.3) is 21.7 Å². The number of benzene rings is 4. The van der Waals surface area contributed by atoms with Crippen LogP contribution in [-0.2, 0) is 17.9 Å². The lowest BCUT2D eigenvalue weighted by Gasteiger charge is -2.29. The molecule has 0 atom stereocenters. The SMILES string of the molecule is CC(C)CN(CC(=O)N(Cc1ccc(F)cc1)Cc1coc2ccccc2c1=O)C(=O)Nc1cccc2ccccc12. The Balaban J connectivity index is 1.42. The highest BCUT2D eigenvalue weighted by molar-refractivity contribution is 6.02. The summed E-state index contributed by atoms with van der Waals surface area (Å²) in [5.74, 6) is -0.658. The molecule has 0 spiro atoms. The van der Waals surface area contributed by atoms with Crippen LogP contribution in [-0.4, -0.2) is 34.8 Å². The third kappa shape index (κ3) is 6.66. The number of urea groups is 1. The second kappa shape index (κ2) is 12.7. The van der Waals surface area contributed by atoms with E-state index in [1.807, 2.05) is 56.3 Å². The summed E-state index contributed by atoms with van der Waals surface area (Å²) in [5.41, 5.74) is 1.86. The molecule has 214 valence electrons. The van der Waals surface area contributed by atoms with Crippen LogP contribution in [0.1, 0.15) is 25.0 Å². The highest BCUT2D eigenvalue weighted by atomic mass is 19.1. The van der Waals surface area contributed by atoms with Gasteiger partial charge >= 0.3 is 6.03 Å². The van der Waals surface area contributed by atoms with Gasteiger partial charge in [-0.15, -0.1) is 0 Å². The average Bonchev–Trinajstić information content (AvgIpc) is 2.99. The zero-order chi connectivity index (χ0) is 29.6. The molecule has 0 saturated carbocycles. The van der Waals surface area contributed by atoms with Crippen molar-refractivity contribution in [2.75, 3.05) is 18.4 Å². The monoisotopic (exact) mass is 565 g/mol. The Morgan fingerprint density at radius 3 is 2.29 bits per heavy atom. The molecule has 1 N–H and O–H groups in total. The molecule has 42 heavy (non-hydrogen) atoms. The molecule has 0 saturated heterocycles. The molecule has 1 aromatic heterocycles. The third-order valence-electron chi connectivity index (χ3n) is 6.98. The summed E-state index contributed by atoms with van der Waals surface area (Å²) in [4.78, 5) is 43.6. The van der Waals surface area contributed by atoms with Gasteiger partial charge in [0.15, 0.2) is 5.43 Å². The van der Waals surface area contributed by atoms with E-state index in [9.17, 15) is 18.8 Å². The molecule has 0 radical (unpaired) electrons. The van der Waals surface area contributed by atoms with Crippen molar-refractivity contribution in [1.82, 2.24) is 9.80 Å². The van der Waals surface area contributed by atoms with Gasteiger partial charge in [-0.3, -0.25) is 9.59 Å². The maximum atomic E-state index is 13.9. The van der Waals surface area contributed by atoms with Crippen molar-refractivity contribution in [3.63, 3.8) is 0 Å². The van der Waals surface area contributed by atoms with E-state index in [-0.39, 0.29) is 42.7 Å². The fourth-order valence-corrected chi connectivity index (χ4v) is 4.93. The lowest BCUT2D eigenvalue weighted by atomic mass is 10.1. The van der Waals surface area contributed by atoms with Gasteiger partial charge in [-0.2, -0.15) is 0 Å². The van der Waals surface area contributed by atoms with Crippen LogP contribution < -0.4 is 10.7 Å². The van der Waals surface area contributed by atoms with E-state index in [2.05, 4.69) is 5.32 Å². The highest BCUT2D eigenvalue weighted by Gasteiger charge is 2.24. The maximum Gasteiger partial charge on any atom is 0.322 e. The predicted octanol–water partition coefficient (Wildman–Crippen LogP) is 6.80. The van der Waals surface area contributed by atoms with Crippen LogP contribution in [0.4, 0.5) is 14.9 Å². The van der Waals surface area contributed by atoms with E-state index in [1.54, 1.807) is 36.4 Å². The van der Waals surface area contributed by atoms with Gasteiger partial charge in [-0.05, 0) is 47.2 Å². The number of hydrogen-bond donors (Lipinski definition) is 1. The summed E-state index contributed by atoms with van der Waals surface area (Å²) < 4.78 is 19.3. The fraction of sp³-hybridized carbons (Fsp3) is 0.206. The highest BCUT2D eigenvalue weighted by Crippen LogP contribution is 2.23. The molecular formula is C34H32FN3O4. The second-order valence-corrected chi connectivity index (χ2v) is 10.7. The smallest absolute Gasteiger partial charge is 0.322 e. The molecule has 4 aromatic carbocycles. The fourth-order valence-electron chi connectivity index (χ4n) is 4.93. The number of para-hydroxylation sites is 1. The van der Waals surface area contributed by atoms with Gasteiger partial charge in [-0.1, -0.05) is 74.5 Å². The number of halogens is 1. The van der Waals surface area contributed by atoms with Gasteiger partial charge < -0.3 is 19.5 Å². The molecule has 8 heteroatoms. The molecule has 5 rings (SSSR count). The molecule has 7 nitrogen and oxygen atoms in total. The number of rotatable bonds is 9. The van der Waals surface area contributed by atoms with E-state index >= 15 is 0 Å². The summed E-state index contributed by atoms with van der Waals surface area (Å²) in [6.07, 6.45) is 1.37. The van der Waals surface area contributed by atoms with Crippen molar-refractivity contribution < 1.29 is 18.4 Å². The van der Waals surface area contributed by atoms with Crippen molar-refractivity contribution in [2.45, 2.75) is 26.9 Å². The minimum atomic E-state index is -0.402. The first-order valence-electron chi connectivity index (χ1n) is 13.8. The van der Waals surface area contributed by atoms with Crippen LogP contribution in [0, 0.1) is 11.7 Å². The van der Waals surface area contributed by atoms with E-state index in [0.29, 0.717) is 34.3 Å². The Hall–Kier alpha value is -4.98. The first-order chi connectivity index (χ1) is 20.3. The molecule has 0 unspecified atom stereocenters. The normalized spacial score (nSPS) is 11.1. The van der Waals surface area contributed by atoms with Crippen LogP contribution in [0.3, 0.4) is 0 Å². The Kier molecular flexibility index (Phi) is 8.62. The number of fused-ring (bicyclic) bond motifs is 2. The topological polar surface area (TPSA) is 82.9 Å². The third-order valence-corrected chi connectivity index (χ3v) is 6.98. The Labute approximate surface area is 243 Å². The van der Waals surface area contributed by atoms with Crippen LogP contribution in [0.15, 0.2) is 106 Å². The van der Waals surface area contributed by atoms with Crippen LogP contribution >= 0.6 is 0 Å². The van der Waals surface area contributed by atoms with Crippen molar-refractivity contribution in [1.29, 1.82) is 0 Å². The molecule has 0 aliphatic rings. The maximum absolute atomic E-state index is 13.9.